The SMILES string of the molecule is C/C=C\C=C/CC[C@H](NC(=O)c1cccn1C)[C@H](O)C(=O)N1CC(F)(F)C[C@H]1C(=O)NCc1cccs1. The van der Waals surface area contributed by atoms with E-state index in [2.05, 4.69) is 10.6 Å². The molecule has 3 amide bonds. The van der Waals surface area contributed by atoms with Crippen LogP contribution in [0.5, 0.6) is 0 Å². The maximum absolute atomic E-state index is 14.4. The first-order valence-corrected chi connectivity index (χ1v) is 12.9. The van der Waals surface area contributed by atoms with E-state index in [0.717, 1.165) is 9.78 Å². The zero-order chi connectivity index (χ0) is 27.0. The second kappa shape index (κ2) is 12.8. The summed E-state index contributed by atoms with van der Waals surface area (Å²) in [5.74, 6) is -5.54. The van der Waals surface area contributed by atoms with E-state index < -0.39 is 54.8 Å². The van der Waals surface area contributed by atoms with Crippen LogP contribution in [0.1, 0.15) is 41.6 Å². The van der Waals surface area contributed by atoms with E-state index >= 15 is 0 Å². The fourth-order valence-corrected chi connectivity index (χ4v) is 4.78. The van der Waals surface area contributed by atoms with Crippen LogP contribution in [-0.2, 0) is 23.2 Å². The molecule has 2 aromatic rings. The zero-order valence-electron chi connectivity index (χ0n) is 20.8. The van der Waals surface area contributed by atoms with Crippen LogP contribution in [-0.4, -0.2) is 63.0 Å². The number of aliphatic hydroxyl groups excluding tert-OH is 1. The van der Waals surface area contributed by atoms with Gasteiger partial charge in [0.25, 0.3) is 17.7 Å². The van der Waals surface area contributed by atoms with Crippen molar-refractivity contribution in [3.8, 4) is 0 Å². The van der Waals surface area contributed by atoms with Gasteiger partial charge >= 0.3 is 0 Å². The highest BCUT2D eigenvalue weighted by Crippen LogP contribution is 2.33. The second-order valence-corrected chi connectivity index (χ2v) is 9.93. The van der Waals surface area contributed by atoms with E-state index in [4.69, 9.17) is 0 Å². The Morgan fingerprint density at radius 3 is 2.70 bits per heavy atom. The Balaban J connectivity index is 1.75. The van der Waals surface area contributed by atoms with Crippen molar-refractivity contribution >= 4 is 29.1 Å². The lowest BCUT2D eigenvalue weighted by Crippen LogP contribution is -2.55. The minimum absolute atomic E-state index is 0.150. The van der Waals surface area contributed by atoms with Crippen LogP contribution in [0.15, 0.2) is 60.1 Å². The lowest BCUT2D eigenvalue weighted by Gasteiger charge is -2.29. The molecular formula is C26H32F2N4O4S. The summed E-state index contributed by atoms with van der Waals surface area (Å²) in [7, 11) is 1.68. The summed E-state index contributed by atoms with van der Waals surface area (Å²) >= 11 is 1.41. The first kappa shape index (κ1) is 28.3. The molecule has 37 heavy (non-hydrogen) atoms. The maximum Gasteiger partial charge on any atom is 0.268 e. The zero-order valence-corrected chi connectivity index (χ0v) is 21.6. The average molecular weight is 535 g/mol. The number of aliphatic hydroxyl groups is 1. The smallest absolute Gasteiger partial charge is 0.268 e. The highest BCUT2D eigenvalue weighted by molar-refractivity contribution is 7.09. The van der Waals surface area contributed by atoms with Crippen molar-refractivity contribution < 1.29 is 28.3 Å². The molecule has 0 saturated carbocycles. The van der Waals surface area contributed by atoms with E-state index in [1.807, 2.05) is 30.5 Å². The molecule has 8 nitrogen and oxygen atoms in total. The molecule has 0 aromatic carbocycles. The van der Waals surface area contributed by atoms with Gasteiger partial charge in [-0.05, 0) is 43.3 Å². The van der Waals surface area contributed by atoms with Crippen molar-refractivity contribution in [2.45, 2.75) is 56.8 Å². The van der Waals surface area contributed by atoms with Crippen LogP contribution in [0.4, 0.5) is 8.78 Å². The van der Waals surface area contributed by atoms with Crippen LogP contribution >= 0.6 is 11.3 Å². The predicted octanol–water partition coefficient (Wildman–Crippen LogP) is 3.01. The van der Waals surface area contributed by atoms with Gasteiger partial charge in [0.1, 0.15) is 11.7 Å². The molecule has 11 heteroatoms. The summed E-state index contributed by atoms with van der Waals surface area (Å²) < 4.78 is 30.3. The van der Waals surface area contributed by atoms with Crippen LogP contribution in [0.2, 0.25) is 0 Å². The molecule has 0 bridgehead atoms. The standard InChI is InChI=1S/C26H32F2N4O4S/c1-3-4-5-6-7-11-19(30-24(35)20-12-8-13-31(20)2)22(33)25(36)32-17-26(27,28)15-21(32)23(34)29-16-18-10-9-14-37-18/h3-6,8-10,12-14,19,21-22,33H,7,11,15-17H2,1-2H3,(H,29,34)(H,30,35)/b4-3-,6-5-/t19-,21-,22-/m0/s1. The highest BCUT2D eigenvalue weighted by Gasteiger charge is 2.51. The van der Waals surface area contributed by atoms with E-state index in [1.165, 1.54) is 11.3 Å². The number of hydrogen-bond acceptors (Lipinski definition) is 5. The molecule has 3 atom stereocenters. The fourth-order valence-electron chi connectivity index (χ4n) is 4.14. The normalized spacial score (nSPS) is 18.8. The van der Waals surface area contributed by atoms with E-state index in [9.17, 15) is 28.3 Å². The van der Waals surface area contributed by atoms with Gasteiger partial charge in [-0.2, -0.15) is 0 Å². The number of amides is 3. The number of rotatable bonds is 11. The number of halogens is 2. The van der Waals surface area contributed by atoms with Crippen molar-refractivity contribution in [1.29, 1.82) is 0 Å². The summed E-state index contributed by atoms with van der Waals surface area (Å²) in [6, 6.07) is 4.37. The number of allylic oxidation sites excluding steroid dienone is 4. The fraction of sp³-hybridized carbons (Fsp3) is 0.423. The molecule has 0 spiro atoms. The number of likely N-dealkylation sites (tertiary alicyclic amines) is 1. The Bertz CT molecular complexity index is 1130. The molecule has 2 aromatic heterocycles. The minimum Gasteiger partial charge on any atom is -0.381 e. The van der Waals surface area contributed by atoms with E-state index in [0.29, 0.717) is 12.1 Å². The largest absolute Gasteiger partial charge is 0.381 e. The quantitative estimate of drug-likeness (QED) is 0.386. The number of thiophene rings is 1. The summed E-state index contributed by atoms with van der Waals surface area (Å²) in [4.78, 5) is 40.4. The predicted molar refractivity (Wildman–Crippen MR) is 137 cm³/mol. The number of hydrogen-bond donors (Lipinski definition) is 3. The van der Waals surface area contributed by atoms with Gasteiger partial charge in [0.05, 0.1) is 19.1 Å². The molecule has 1 saturated heterocycles. The Hall–Kier alpha value is -3.31. The average Bonchev–Trinajstić information content (AvgIpc) is 3.60. The molecule has 0 unspecified atom stereocenters. The monoisotopic (exact) mass is 534 g/mol. The number of nitrogens with zero attached hydrogens (tertiary/aromatic N) is 2. The first-order chi connectivity index (χ1) is 17.6. The Morgan fingerprint density at radius 1 is 1.27 bits per heavy atom. The second-order valence-electron chi connectivity index (χ2n) is 8.90. The minimum atomic E-state index is -3.28. The van der Waals surface area contributed by atoms with Gasteiger partial charge in [-0.25, -0.2) is 8.78 Å². The lowest BCUT2D eigenvalue weighted by molar-refractivity contribution is -0.147. The number of carbonyl (C=O) groups excluding carboxylic acids is 3. The number of nitrogens with one attached hydrogen (secondary N) is 2. The molecule has 3 N–H and O–H groups in total. The molecule has 1 aliphatic rings. The van der Waals surface area contributed by atoms with Crippen LogP contribution in [0.3, 0.4) is 0 Å². The summed E-state index contributed by atoms with van der Waals surface area (Å²) in [5, 5.41) is 18.1. The topological polar surface area (TPSA) is 104 Å². The van der Waals surface area contributed by atoms with Crippen LogP contribution in [0.25, 0.3) is 0 Å². The van der Waals surface area contributed by atoms with E-state index in [-0.39, 0.29) is 13.0 Å². The molecule has 3 rings (SSSR count). The lowest BCUT2D eigenvalue weighted by atomic mass is 10.0. The molecule has 0 aliphatic carbocycles. The maximum atomic E-state index is 14.4. The van der Waals surface area contributed by atoms with Crippen molar-refractivity contribution in [1.82, 2.24) is 20.1 Å². The van der Waals surface area contributed by atoms with Gasteiger partial charge in [-0.15, -0.1) is 11.3 Å². The van der Waals surface area contributed by atoms with Gasteiger partial charge in [-0.1, -0.05) is 30.4 Å². The van der Waals surface area contributed by atoms with Crippen LogP contribution < -0.4 is 10.6 Å². The third-order valence-corrected chi connectivity index (χ3v) is 6.96. The van der Waals surface area contributed by atoms with Crippen molar-refractivity contribution in [2.24, 2.45) is 7.05 Å². The van der Waals surface area contributed by atoms with Crippen molar-refractivity contribution in [2.75, 3.05) is 6.54 Å². The summed E-state index contributed by atoms with van der Waals surface area (Å²) in [6.07, 6.45) is 6.85. The van der Waals surface area contributed by atoms with Gasteiger partial charge in [0.15, 0.2) is 6.10 Å². The molecule has 200 valence electrons. The number of aryl methyl sites for hydroxylation is 1. The van der Waals surface area contributed by atoms with Crippen molar-refractivity contribution in [3.63, 3.8) is 0 Å². The molecule has 3 heterocycles. The van der Waals surface area contributed by atoms with Gasteiger partial charge in [-0.3, -0.25) is 14.4 Å². The van der Waals surface area contributed by atoms with Crippen molar-refractivity contribution in [3.05, 3.63) is 70.7 Å². The summed E-state index contributed by atoms with van der Waals surface area (Å²) in [5.41, 5.74) is 0.313. The third kappa shape index (κ3) is 7.59. The first-order valence-electron chi connectivity index (χ1n) is 12.0. The number of carbonyl (C=O) groups is 3. The molecule has 1 aliphatic heterocycles. The Kier molecular flexibility index (Phi) is 9.76. The van der Waals surface area contributed by atoms with Crippen LogP contribution in [0, 0.1) is 0 Å². The third-order valence-electron chi connectivity index (χ3n) is 6.08. The Morgan fingerprint density at radius 2 is 2.05 bits per heavy atom. The Labute approximate surface area is 218 Å². The van der Waals surface area contributed by atoms with Gasteiger partial charge < -0.3 is 25.2 Å². The van der Waals surface area contributed by atoms with E-state index in [1.54, 1.807) is 48.2 Å². The number of alkyl halides is 2. The number of aromatic nitrogens is 1. The highest BCUT2D eigenvalue weighted by atomic mass is 32.1. The summed E-state index contributed by atoms with van der Waals surface area (Å²) in [6.45, 7) is 1.02. The van der Waals surface area contributed by atoms with Gasteiger partial charge in [0.2, 0.25) is 5.91 Å². The molecule has 1 fully saturated rings. The molecular weight excluding hydrogens is 502 g/mol. The van der Waals surface area contributed by atoms with Gasteiger partial charge in [0, 0.05) is 24.5 Å². The molecule has 0 radical (unpaired) electrons.